The number of carbonyl (C=O) groups is 1. The van der Waals surface area contributed by atoms with E-state index >= 15 is 0 Å². The normalized spacial score (nSPS) is 21.4. The van der Waals surface area contributed by atoms with E-state index in [2.05, 4.69) is 51.1 Å². The predicted molar refractivity (Wildman–Crippen MR) is 138 cm³/mol. The molecule has 1 amide bonds. The Kier molecular flexibility index (Phi) is 6.49. The molecule has 0 bridgehead atoms. The van der Waals surface area contributed by atoms with Crippen molar-refractivity contribution >= 4 is 52.1 Å². The van der Waals surface area contributed by atoms with Crippen molar-refractivity contribution in [1.29, 1.82) is 0 Å². The molecule has 0 N–H and O–H groups in total. The number of carbonyl (C=O) groups excluding carboxylic acids is 1. The zero-order valence-electron chi connectivity index (χ0n) is 18.9. The van der Waals surface area contributed by atoms with Crippen LogP contribution in [0.4, 0.5) is 0 Å². The van der Waals surface area contributed by atoms with E-state index < -0.39 is 0 Å². The average molecular weight is 495 g/mol. The van der Waals surface area contributed by atoms with E-state index in [1.165, 1.54) is 27.1 Å². The second-order valence-electron chi connectivity index (χ2n) is 8.46. The molecule has 3 aromatic rings. The number of nitrogens with zero attached hydrogens (tertiary/aromatic N) is 4. The lowest BCUT2D eigenvalue weighted by atomic mass is 9.79. The average Bonchev–Trinajstić information content (AvgIpc) is 3.56. The van der Waals surface area contributed by atoms with Crippen LogP contribution >= 0.6 is 34.4 Å². The first-order valence-electron chi connectivity index (χ1n) is 11.1. The summed E-state index contributed by atoms with van der Waals surface area (Å²) in [5.41, 5.74) is 5.38. The minimum Gasteiger partial charge on any atom is -0.272 e. The maximum atomic E-state index is 13.5. The summed E-state index contributed by atoms with van der Waals surface area (Å²) < 4.78 is 0. The molecule has 0 saturated heterocycles. The van der Waals surface area contributed by atoms with E-state index in [0.29, 0.717) is 5.16 Å². The topological polar surface area (TPSA) is 58.5 Å². The molecule has 33 heavy (non-hydrogen) atoms. The van der Waals surface area contributed by atoms with E-state index in [-0.39, 0.29) is 23.6 Å². The van der Waals surface area contributed by atoms with Crippen molar-refractivity contribution in [2.45, 2.75) is 51.2 Å². The second-order valence-corrected chi connectivity index (χ2v) is 11.4. The predicted octanol–water partition coefficient (Wildman–Crippen LogP) is 6.44. The van der Waals surface area contributed by atoms with Gasteiger partial charge < -0.3 is 0 Å². The highest BCUT2D eigenvalue weighted by Crippen LogP contribution is 2.45. The van der Waals surface area contributed by atoms with Gasteiger partial charge in [0.1, 0.15) is 0 Å². The molecule has 1 saturated carbocycles. The molecule has 170 valence electrons. The molecule has 1 aliphatic heterocycles. The van der Waals surface area contributed by atoms with E-state index in [9.17, 15) is 4.79 Å². The van der Waals surface area contributed by atoms with Crippen LogP contribution in [-0.4, -0.2) is 32.3 Å². The number of rotatable bonds is 5. The smallest absolute Gasteiger partial charge is 0.253 e. The van der Waals surface area contributed by atoms with Gasteiger partial charge in [-0.3, -0.25) is 4.79 Å². The van der Waals surface area contributed by atoms with Crippen molar-refractivity contribution in [3.8, 4) is 0 Å². The van der Waals surface area contributed by atoms with Crippen LogP contribution in [0.15, 0.2) is 50.9 Å². The first kappa shape index (κ1) is 22.5. The molecule has 4 heterocycles. The number of hydrogen-bond acceptors (Lipinski definition) is 7. The number of thiophene rings is 2. The van der Waals surface area contributed by atoms with Crippen molar-refractivity contribution in [3.63, 3.8) is 0 Å². The van der Waals surface area contributed by atoms with Gasteiger partial charge in [0, 0.05) is 27.1 Å². The Labute approximate surface area is 206 Å². The molecular weight excluding hydrogens is 469 g/mol. The van der Waals surface area contributed by atoms with Crippen molar-refractivity contribution in [1.82, 2.24) is 15.0 Å². The molecule has 2 aliphatic rings. The number of allylic oxidation sites excluding steroid dienone is 1. The van der Waals surface area contributed by atoms with Gasteiger partial charge in [-0.15, -0.1) is 22.7 Å². The summed E-state index contributed by atoms with van der Waals surface area (Å²) in [7, 11) is 0. The Morgan fingerprint density at radius 3 is 2.61 bits per heavy atom. The van der Waals surface area contributed by atoms with Crippen LogP contribution < -0.4 is 0 Å². The van der Waals surface area contributed by atoms with Gasteiger partial charge in [0.25, 0.3) is 5.91 Å². The number of hydrazone groups is 1. The lowest BCUT2D eigenvalue weighted by Gasteiger charge is -2.28. The minimum atomic E-state index is -0.0254. The van der Waals surface area contributed by atoms with Crippen molar-refractivity contribution in [2.24, 2.45) is 11.0 Å². The molecule has 0 radical (unpaired) electrons. The number of fused-ring (bicyclic) bond motifs is 1. The van der Waals surface area contributed by atoms with Crippen LogP contribution in [0, 0.1) is 26.7 Å². The van der Waals surface area contributed by atoms with Crippen molar-refractivity contribution in [3.05, 3.63) is 67.3 Å². The summed E-state index contributed by atoms with van der Waals surface area (Å²) in [4.78, 5) is 25.0. The summed E-state index contributed by atoms with van der Waals surface area (Å²) >= 11 is 4.84. The Balaban J connectivity index is 1.42. The van der Waals surface area contributed by atoms with Gasteiger partial charge in [-0.25, -0.2) is 15.0 Å². The summed E-state index contributed by atoms with van der Waals surface area (Å²) in [5.74, 6) is 0.532. The standard InChI is InChI=1S/C25H26N4OS3/c1-15-16(2)26-25(27-17(15)3)33-14-22(30)29-24(21-10-6-12-32-21)20-9-4-7-18(23(20)28-29)13-19-8-5-11-31-19/h5-6,8,10-13,20,24H,4,7,9,14H2,1-3H3/b18-13-. The number of amides is 1. The van der Waals surface area contributed by atoms with E-state index in [1.807, 2.05) is 20.8 Å². The van der Waals surface area contributed by atoms with Crippen LogP contribution in [0.5, 0.6) is 0 Å². The van der Waals surface area contributed by atoms with E-state index in [0.717, 1.165) is 41.9 Å². The van der Waals surface area contributed by atoms with Crippen molar-refractivity contribution in [2.75, 3.05) is 5.75 Å². The molecule has 1 aliphatic carbocycles. The largest absolute Gasteiger partial charge is 0.272 e. The highest BCUT2D eigenvalue weighted by molar-refractivity contribution is 7.99. The fraction of sp³-hybridized carbons (Fsp3) is 0.360. The van der Waals surface area contributed by atoms with Gasteiger partial charge in [-0.1, -0.05) is 23.9 Å². The van der Waals surface area contributed by atoms with Gasteiger partial charge in [0.05, 0.1) is 17.5 Å². The third kappa shape index (κ3) is 4.56. The highest BCUT2D eigenvalue weighted by Gasteiger charge is 2.44. The number of aromatic nitrogens is 2. The monoisotopic (exact) mass is 494 g/mol. The van der Waals surface area contributed by atoms with E-state index in [1.54, 1.807) is 27.7 Å². The van der Waals surface area contributed by atoms with Gasteiger partial charge in [0.15, 0.2) is 5.16 Å². The quantitative estimate of drug-likeness (QED) is 0.302. The van der Waals surface area contributed by atoms with Gasteiger partial charge >= 0.3 is 0 Å². The summed E-state index contributed by atoms with van der Waals surface area (Å²) in [6.45, 7) is 6.00. The van der Waals surface area contributed by atoms with Crippen LogP contribution in [0.3, 0.4) is 0 Å². The molecule has 3 aromatic heterocycles. The summed E-state index contributed by atoms with van der Waals surface area (Å²) in [6, 6.07) is 8.38. The Morgan fingerprint density at radius 2 is 1.91 bits per heavy atom. The summed E-state index contributed by atoms with van der Waals surface area (Å²) in [5, 5.41) is 11.5. The van der Waals surface area contributed by atoms with Gasteiger partial charge in [0.2, 0.25) is 0 Å². The number of thioether (sulfide) groups is 1. The summed E-state index contributed by atoms with van der Waals surface area (Å²) in [6.07, 6.45) is 5.45. The maximum absolute atomic E-state index is 13.5. The van der Waals surface area contributed by atoms with Crippen LogP contribution in [0.25, 0.3) is 6.08 Å². The lowest BCUT2D eigenvalue weighted by molar-refractivity contribution is -0.130. The molecular formula is C25H26N4OS3. The maximum Gasteiger partial charge on any atom is 0.253 e. The fourth-order valence-corrected chi connectivity index (χ4v) is 6.83. The number of aryl methyl sites for hydroxylation is 2. The molecule has 5 nitrogen and oxygen atoms in total. The Hall–Kier alpha value is -2.29. The first-order chi connectivity index (χ1) is 16.0. The Morgan fingerprint density at radius 1 is 1.15 bits per heavy atom. The van der Waals surface area contributed by atoms with Crippen LogP contribution in [0.2, 0.25) is 0 Å². The third-order valence-electron chi connectivity index (χ3n) is 6.39. The number of hydrogen-bond donors (Lipinski definition) is 0. The van der Waals surface area contributed by atoms with Crippen LogP contribution in [0.1, 0.15) is 52.0 Å². The Bertz CT molecular complexity index is 1190. The van der Waals surface area contributed by atoms with Crippen LogP contribution in [-0.2, 0) is 4.79 Å². The van der Waals surface area contributed by atoms with Gasteiger partial charge in [-0.2, -0.15) is 5.10 Å². The third-order valence-corrected chi connectivity index (χ3v) is 8.98. The van der Waals surface area contributed by atoms with E-state index in [4.69, 9.17) is 5.10 Å². The van der Waals surface area contributed by atoms with Gasteiger partial charge in [-0.05, 0) is 80.1 Å². The molecule has 5 rings (SSSR count). The van der Waals surface area contributed by atoms with Crippen molar-refractivity contribution < 1.29 is 4.79 Å². The SMILES string of the molecule is Cc1nc(SCC(=O)N2N=C3/C(=C\c4cccs4)CCCC3C2c2cccs2)nc(C)c1C. The lowest BCUT2D eigenvalue weighted by Crippen LogP contribution is -2.32. The zero-order valence-corrected chi connectivity index (χ0v) is 21.4. The first-order valence-corrected chi connectivity index (χ1v) is 13.9. The molecule has 2 atom stereocenters. The molecule has 1 fully saturated rings. The highest BCUT2D eigenvalue weighted by atomic mass is 32.2. The molecule has 8 heteroatoms. The second kappa shape index (κ2) is 9.52. The molecule has 2 unspecified atom stereocenters. The molecule has 0 spiro atoms. The molecule has 0 aromatic carbocycles. The fourth-order valence-electron chi connectivity index (χ4n) is 4.49. The minimum absolute atomic E-state index is 0.00950. The zero-order chi connectivity index (χ0) is 22.9.